The summed E-state index contributed by atoms with van der Waals surface area (Å²) in [7, 11) is -3.18. The molecule has 0 aliphatic rings. The minimum Gasteiger partial charge on any atom is -0.331 e. The Labute approximate surface area is 105 Å². The molecule has 1 heterocycles. The fourth-order valence-electron chi connectivity index (χ4n) is 1.85. The Kier molecular flexibility index (Phi) is 2.87. The first-order valence-electron chi connectivity index (χ1n) is 5.25. The second kappa shape index (κ2) is 3.96. The molecule has 0 fully saturated rings. The Morgan fingerprint density at radius 3 is 2.53 bits per heavy atom. The van der Waals surface area contributed by atoms with Gasteiger partial charge in [0.05, 0.1) is 15.9 Å². The highest BCUT2D eigenvalue weighted by atomic mass is 32.2. The number of imidazole rings is 1. The molecular formula is C11H14N2O2S2. The van der Waals surface area contributed by atoms with E-state index in [0.717, 1.165) is 11.0 Å². The normalized spacial score (nSPS) is 12.5. The maximum atomic E-state index is 11.5. The topological polar surface area (TPSA) is 54.9 Å². The second-order valence-corrected chi connectivity index (χ2v) is 6.75. The first-order chi connectivity index (χ1) is 7.80. The van der Waals surface area contributed by atoms with Crippen molar-refractivity contribution in [1.29, 1.82) is 0 Å². The van der Waals surface area contributed by atoms with Crippen LogP contribution in [0.2, 0.25) is 0 Å². The summed E-state index contributed by atoms with van der Waals surface area (Å²) in [6.45, 7) is 4.07. The summed E-state index contributed by atoms with van der Waals surface area (Å²) >= 11 is 5.22. The van der Waals surface area contributed by atoms with Crippen LogP contribution in [-0.2, 0) is 9.84 Å². The number of aromatic amines is 1. The molecule has 0 aliphatic heterocycles. The van der Waals surface area contributed by atoms with Crippen molar-refractivity contribution >= 4 is 33.1 Å². The van der Waals surface area contributed by atoms with Gasteiger partial charge in [-0.2, -0.15) is 0 Å². The fraction of sp³-hybridized carbons (Fsp3) is 0.364. The van der Waals surface area contributed by atoms with Gasteiger partial charge in [-0.1, -0.05) is 0 Å². The molecule has 6 heteroatoms. The summed E-state index contributed by atoms with van der Waals surface area (Å²) in [5.41, 5.74) is 1.68. The molecule has 0 radical (unpaired) electrons. The third kappa shape index (κ3) is 2.14. The number of aromatic nitrogens is 2. The number of hydrogen-bond acceptors (Lipinski definition) is 3. The van der Waals surface area contributed by atoms with E-state index in [-0.39, 0.29) is 6.04 Å². The Balaban J connectivity index is 2.79. The largest absolute Gasteiger partial charge is 0.331 e. The van der Waals surface area contributed by atoms with Gasteiger partial charge >= 0.3 is 0 Å². The summed E-state index contributed by atoms with van der Waals surface area (Å²) in [5.74, 6) is 0. The van der Waals surface area contributed by atoms with Crippen LogP contribution in [0.15, 0.2) is 23.1 Å². The molecule has 2 rings (SSSR count). The minimum atomic E-state index is -3.18. The van der Waals surface area contributed by atoms with Gasteiger partial charge in [0.15, 0.2) is 14.6 Å². The van der Waals surface area contributed by atoms with Crippen LogP contribution < -0.4 is 0 Å². The summed E-state index contributed by atoms with van der Waals surface area (Å²) in [5, 5.41) is 0. The van der Waals surface area contributed by atoms with Crippen molar-refractivity contribution in [3.63, 3.8) is 0 Å². The van der Waals surface area contributed by atoms with Crippen molar-refractivity contribution in [3.8, 4) is 0 Å². The molecule has 0 unspecified atom stereocenters. The van der Waals surface area contributed by atoms with Crippen LogP contribution in [-0.4, -0.2) is 24.2 Å². The van der Waals surface area contributed by atoms with E-state index in [1.807, 2.05) is 18.4 Å². The molecule has 1 aromatic carbocycles. The van der Waals surface area contributed by atoms with Gasteiger partial charge in [-0.15, -0.1) is 0 Å². The van der Waals surface area contributed by atoms with Gasteiger partial charge in [0, 0.05) is 12.3 Å². The second-order valence-electron chi connectivity index (χ2n) is 4.35. The van der Waals surface area contributed by atoms with E-state index in [1.165, 1.54) is 6.26 Å². The van der Waals surface area contributed by atoms with Crippen LogP contribution in [0.1, 0.15) is 19.9 Å². The first-order valence-corrected chi connectivity index (χ1v) is 7.55. The average Bonchev–Trinajstić information content (AvgIpc) is 2.50. The molecule has 92 valence electrons. The Bertz CT molecular complexity index is 723. The van der Waals surface area contributed by atoms with Crippen LogP contribution in [0.3, 0.4) is 0 Å². The summed E-state index contributed by atoms with van der Waals surface area (Å²) in [4.78, 5) is 3.34. The summed E-state index contributed by atoms with van der Waals surface area (Å²) in [6, 6.07) is 5.26. The molecular weight excluding hydrogens is 256 g/mol. The summed E-state index contributed by atoms with van der Waals surface area (Å²) in [6.07, 6.45) is 1.20. The Morgan fingerprint density at radius 2 is 2.00 bits per heavy atom. The first kappa shape index (κ1) is 12.3. The Hall–Kier alpha value is -1.14. The zero-order chi connectivity index (χ0) is 12.8. The minimum absolute atomic E-state index is 0.236. The van der Waals surface area contributed by atoms with E-state index in [0.29, 0.717) is 9.67 Å². The molecule has 0 spiro atoms. The quantitative estimate of drug-likeness (QED) is 0.854. The van der Waals surface area contributed by atoms with Crippen molar-refractivity contribution in [3.05, 3.63) is 23.0 Å². The highest BCUT2D eigenvalue weighted by molar-refractivity contribution is 7.90. The third-order valence-electron chi connectivity index (χ3n) is 2.63. The number of fused-ring (bicyclic) bond motifs is 1. The number of hydrogen-bond donors (Lipinski definition) is 1. The molecule has 0 bridgehead atoms. The lowest BCUT2D eigenvalue weighted by atomic mass is 10.3. The van der Waals surface area contributed by atoms with Gasteiger partial charge in [-0.25, -0.2) is 8.42 Å². The maximum Gasteiger partial charge on any atom is 0.178 e. The van der Waals surface area contributed by atoms with Gasteiger partial charge < -0.3 is 9.55 Å². The van der Waals surface area contributed by atoms with Crippen LogP contribution in [0, 0.1) is 4.77 Å². The van der Waals surface area contributed by atoms with Gasteiger partial charge in [0.1, 0.15) is 0 Å². The molecule has 2 aromatic rings. The smallest absolute Gasteiger partial charge is 0.178 e. The number of benzene rings is 1. The van der Waals surface area contributed by atoms with Crippen molar-refractivity contribution in [2.24, 2.45) is 0 Å². The molecule has 1 aromatic heterocycles. The molecule has 4 nitrogen and oxygen atoms in total. The van der Waals surface area contributed by atoms with Gasteiger partial charge in [-0.3, -0.25) is 0 Å². The molecule has 0 atom stereocenters. The number of sulfone groups is 1. The SMILES string of the molecule is CC(C)n1c(=S)[nH]c2cc(S(C)(=O)=O)ccc21. The fourth-order valence-corrected chi connectivity index (χ4v) is 2.92. The van der Waals surface area contributed by atoms with Gasteiger partial charge in [-0.05, 0) is 44.3 Å². The highest BCUT2D eigenvalue weighted by Gasteiger charge is 2.12. The molecule has 0 saturated heterocycles. The lowest BCUT2D eigenvalue weighted by Crippen LogP contribution is -2.00. The zero-order valence-corrected chi connectivity index (χ0v) is 11.5. The number of rotatable bonds is 2. The molecule has 1 N–H and O–H groups in total. The third-order valence-corrected chi connectivity index (χ3v) is 4.04. The lowest BCUT2D eigenvalue weighted by Gasteiger charge is -2.08. The predicted octanol–water partition coefficient (Wildman–Crippen LogP) is 2.68. The predicted molar refractivity (Wildman–Crippen MR) is 70.6 cm³/mol. The maximum absolute atomic E-state index is 11.5. The van der Waals surface area contributed by atoms with Gasteiger partial charge in [0.2, 0.25) is 0 Å². The van der Waals surface area contributed by atoms with Crippen LogP contribution in [0.5, 0.6) is 0 Å². The van der Waals surface area contributed by atoms with E-state index in [4.69, 9.17) is 12.2 Å². The zero-order valence-electron chi connectivity index (χ0n) is 9.89. The van der Waals surface area contributed by atoms with Crippen molar-refractivity contribution in [2.75, 3.05) is 6.26 Å². The van der Waals surface area contributed by atoms with Crippen LogP contribution in [0.4, 0.5) is 0 Å². The molecule has 0 saturated carbocycles. The molecule has 0 aliphatic carbocycles. The average molecular weight is 270 g/mol. The highest BCUT2D eigenvalue weighted by Crippen LogP contribution is 2.22. The Morgan fingerprint density at radius 1 is 1.35 bits per heavy atom. The van der Waals surface area contributed by atoms with Crippen LogP contribution >= 0.6 is 12.2 Å². The van der Waals surface area contributed by atoms with Crippen molar-refractivity contribution in [1.82, 2.24) is 9.55 Å². The standard InChI is InChI=1S/C11H14N2O2S2/c1-7(2)13-10-5-4-8(17(3,14)15)6-9(10)12-11(13)16/h4-7H,1-3H3,(H,12,16). The van der Waals surface area contributed by atoms with Crippen molar-refractivity contribution in [2.45, 2.75) is 24.8 Å². The van der Waals surface area contributed by atoms with E-state index in [1.54, 1.807) is 18.2 Å². The van der Waals surface area contributed by atoms with E-state index in [9.17, 15) is 8.42 Å². The molecule has 0 amide bonds. The van der Waals surface area contributed by atoms with Crippen molar-refractivity contribution < 1.29 is 8.42 Å². The molecule has 17 heavy (non-hydrogen) atoms. The lowest BCUT2D eigenvalue weighted by molar-refractivity contribution is 0.602. The summed E-state index contributed by atoms with van der Waals surface area (Å²) < 4.78 is 25.5. The number of nitrogens with one attached hydrogen (secondary N) is 1. The van der Waals surface area contributed by atoms with E-state index < -0.39 is 9.84 Å². The van der Waals surface area contributed by atoms with Crippen LogP contribution in [0.25, 0.3) is 11.0 Å². The number of nitrogens with zero attached hydrogens (tertiary/aromatic N) is 1. The monoisotopic (exact) mass is 270 g/mol. The van der Waals surface area contributed by atoms with E-state index >= 15 is 0 Å². The van der Waals surface area contributed by atoms with E-state index in [2.05, 4.69) is 4.98 Å². The van der Waals surface area contributed by atoms with Gasteiger partial charge in [0.25, 0.3) is 0 Å². The number of H-pyrrole nitrogens is 1.